The molecule has 0 saturated heterocycles. The van der Waals surface area contributed by atoms with Gasteiger partial charge in [0.1, 0.15) is 5.58 Å². The summed E-state index contributed by atoms with van der Waals surface area (Å²) in [5.74, 6) is -1.08. The molecule has 5 heteroatoms. The van der Waals surface area contributed by atoms with Gasteiger partial charge in [-0.2, -0.15) is 0 Å². The number of hydrogen-bond donors (Lipinski definition) is 3. The fourth-order valence-electron chi connectivity index (χ4n) is 2.71. The topological polar surface area (TPSA) is 82.7 Å². The maximum atomic E-state index is 10.9. The number of carboxylic acids is 1. The molecule has 1 aromatic carbocycles. The largest absolute Gasteiger partial charge is 0.475 e. The zero-order valence-electron chi connectivity index (χ0n) is 11.8. The molecule has 1 aliphatic rings. The molecule has 2 aromatic rings. The Balaban J connectivity index is 1.63. The number of carboxylic acid groups (broad SMARTS) is 1. The number of aromatic carboxylic acids is 1. The molecular formula is C16H19NO4. The van der Waals surface area contributed by atoms with Crippen LogP contribution >= 0.6 is 0 Å². The second-order valence-electron chi connectivity index (χ2n) is 5.87. The summed E-state index contributed by atoms with van der Waals surface area (Å²) in [5, 5.41) is 22.2. The molecule has 1 fully saturated rings. The van der Waals surface area contributed by atoms with Gasteiger partial charge >= 0.3 is 5.97 Å². The van der Waals surface area contributed by atoms with E-state index in [2.05, 4.69) is 5.32 Å². The summed E-state index contributed by atoms with van der Waals surface area (Å²) >= 11 is 0. The standard InChI is InChI=1S/C16H19NO4/c18-6-5-16(3-4-16)10-17-9-11-1-2-13-12(7-11)8-14(21-13)15(19)20/h1-2,7-8,17-18H,3-6,9-10H2,(H,19,20). The van der Waals surface area contributed by atoms with Gasteiger partial charge in [0.05, 0.1) is 0 Å². The van der Waals surface area contributed by atoms with Crippen LogP contribution in [0.15, 0.2) is 28.7 Å². The van der Waals surface area contributed by atoms with E-state index in [0.717, 1.165) is 30.5 Å². The van der Waals surface area contributed by atoms with E-state index in [1.54, 1.807) is 12.1 Å². The number of carbonyl (C=O) groups is 1. The maximum absolute atomic E-state index is 10.9. The molecule has 1 heterocycles. The minimum absolute atomic E-state index is 0.0324. The first kappa shape index (κ1) is 14.1. The Kier molecular flexibility index (Phi) is 3.69. The van der Waals surface area contributed by atoms with E-state index in [9.17, 15) is 4.79 Å². The third-order valence-corrected chi connectivity index (χ3v) is 4.22. The average molecular weight is 289 g/mol. The van der Waals surface area contributed by atoms with E-state index in [-0.39, 0.29) is 12.4 Å². The van der Waals surface area contributed by atoms with E-state index < -0.39 is 5.97 Å². The summed E-state index contributed by atoms with van der Waals surface area (Å²) < 4.78 is 5.24. The normalized spacial score (nSPS) is 16.2. The number of nitrogens with one attached hydrogen (secondary N) is 1. The zero-order chi connectivity index (χ0) is 14.9. The van der Waals surface area contributed by atoms with Crippen molar-refractivity contribution < 1.29 is 19.4 Å². The molecule has 0 aliphatic heterocycles. The molecule has 3 N–H and O–H groups in total. The summed E-state index contributed by atoms with van der Waals surface area (Å²) in [7, 11) is 0. The van der Waals surface area contributed by atoms with Gasteiger partial charge < -0.3 is 19.9 Å². The first-order valence-electron chi connectivity index (χ1n) is 7.19. The van der Waals surface area contributed by atoms with Gasteiger partial charge in [-0.25, -0.2) is 4.79 Å². The third kappa shape index (κ3) is 3.09. The average Bonchev–Trinajstić information content (AvgIpc) is 3.07. The van der Waals surface area contributed by atoms with Crippen LogP contribution in [0.5, 0.6) is 0 Å². The van der Waals surface area contributed by atoms with E-state index in [4.69, 9.17) is 14.6 Å². The van der Waals surface area contributed by atoms with Gasteiger partial charge in [-0.15, -0.1) is 0 Å². The molecule has 1 aliphatic carbocycles. The van der Waals surface area contributed by atoms with Crippen LogP contribution in [0.4, 0.5) is 0 Å². The van der Waals surface area contributed by atoms with Crippen LogP contribution in [0, 0.1) is 5.41 Å². The van der Waals surface area contributed by atoms with Gasteiger partial charge in [0.2, 0.25) is 5.76 Å². The molecule has 0 amide bonds. The van der Waals surface area contributed by atoms with Gasteiger partial charge in [0, 0.05) is 25.1 Å². The van der Waals surface area contributed by atoms with Crippen molar-refractivity contribution in [3.8, 4) is 0 Å². The Morgan fingerprint density at radius 2 is 2.14 bits per heavy atom. The second kappa shape index (κ2) is 5.50. The highest BCUT2D eigenvalue weighted by Crippen LogP contribution is 2.47. The summed E-state index contributed by atoms with van der Waals surface area (Å²) in [5.41, 5.74) is 1.99. The number of benzene rings is 1. The third-order valence-electron chi connectivity index (χ3n) is 4.22. The van der Waals surface area contributed by atoms with Gasteiger partial charge in [0.15, 0.2) is 0 Å². The van der Waals surface area contributed by atoms with E-state index in [1.165, 1.54) is 12.8 Å². The highest BCUT2D eigenvalue weighted by Gasteiger charge is 2.41. The van der Waals surface area contributed by atoms with Gasteiger partial charge in [-0.3, -0.25) is 0 Å². The molecule has 112 valence electrons. The predicted molar refractivity (Wildman–Crippen MR) is 78.2 cm³/mol. The molecule has 3 rings (SSSR count). The van der Waals surface area contributed by atoms with Crippen LogP contribution in [0.2, 0.25) is 0 Å². The minimum Gasteiger partial charge on any atom is -0.475 e. The van der Waals surface area contributed by atoms with Gasteiger partial charge in [-0.1, -0.05) is 6.07 Å². The number of hydrogen-bond acceptors (Lipinski definition) is 4. The molecule has 0 atom stereocenters. The molecule has 5 nitrogen and oxygen atoms in total. The lowest BCUT2D eigenvalue weighted by Crippen LogP contribution is -2.24. The molecule has 1 saturated carbocycles. The fourth-order valence-corrected chi connectivity index (χ4v) is 2.71. The Hall–Kier alpha value is -1.85. The molecule has 0 spiro atoms. The molecule has 0 unspecified atom stereocenters. The first-order valence-corrected chi connectivity index (χ1v) is 7.19. The predicted octanol–water partition coefficient (Wildman–Crippen LogP) is 2.38. The number of rotatable bonds is 7. The quantitative estimate of drug-likeness (QED) is 0.729. The SMILES string of the molecule is O=C(O)c1cc2cc(CNCC3(CCO)CC3)ccc2o1. The Morgan fingerprint density at radius 1 is 1.33 bits per heavy atom. The monoisotopic (exact) mass is 289 g/mol. The van der Waals surface area contributed by atoms with Crippen LogP contribution in [-0.2, 0) is 6.54 Å². The zero-order valence-corrected chi connectivity index (χ0v) is 11.8. The lowest BCUT2D eigenvalue weighted by molar-refractivity contribution is 0.0665. The molecule has 21 heavy (non-hydrogen) atoms. The van der Waals surface area contributed by atoms with Gasteiger partial charge in [0.25, 0.3) is 0 Å². The van der Waals surface area contributed by atoms with Crippen molar-refractivity contribution in [3.05, 3.63) is 35.6 Å². The van der Waals surface area contributed by atoms with Crippen molar-refractivity contribution in [3.63, 3.8) is 0 Å². The van der Waals surface area contributed by atoms with Crippen molar-refractivity contribution in [2.24, 2.45) is 5.41 Å². The fraction of sp³-hybridized carbons (Fsp3) is 0.438. The van der Waals surface area contributed by atoms with Gasteiger partial charge in [-0.05, 0) is 48.4 Å². The number of aliphatic hydroxyl groups excluding tert-OH is 1. The lowest BCUT2D eigenvalue weighted by Gasteiger charge is -2.14. The van der Waals surface area contributed by atoms with Crippen LogP contribution in [0.25, 0.3) is 11.0 Å². The summed E-state index contributed by atoms with van der Waals surface area (Å²) in [6, 6.07) is 7.24. The van der Waals surface area contributed by atoms with Crippen molar-refractivity contribution in [1.82, 2.24) is 5.32 Å². The first-order chi connectivity index (χ1) is 10.1. The molecular weight excluding hydrogens is 270 g/mol. The number of aliphatic hydroxyl groups is 1. The highest BCUT2D eigenvalue weighted by atomic mass is 16.4. The van der Waals surface area contributed by atoms with Crippen LogP contribution < -0.4 is 5.32 Å². The van der Waals surface area contributed by atoms with Crippen molar-refractivity contribution in [2.45, 2.75) is 25.8 Å². The lowest BCUT2D eigenvalue weighted by atomic mass is 10.0. The maximum Gasteiger partial charge on any atom is 0.371 e. The Morgan fingerprint density at radius 3 is 2.81 bits per heavy atom. The highest BCUT2D eigenvalue weighted by molar-refractivity contribution is 5.91. The summed E-state index contributed by atoms with van der Waals surface area (Å²) in [6.07, 6.45) is 3.23. The summed E-state index contributed by atoms with van der Waals surface area (Å²) in [4.78, 5) is 10.9. The smallest absolute Gasteiger partial charge is 0.371 e. The second-order valence-corrected chi connectivity index (χ2v) is 5.87. The van der Waals surface area contributed by atoms with E-state index >= 15 is 0 Å². The van der Waals surface area contributed by atoms with Crippen LogP contribution in [-0.4, -0.2) is 29.3 Å². The van der Waals surface area contributed by atoms with Crippen molar-refractivity contribution in [1.29, 1.82) is 0 Å². The van der Waals surface area contributed by atoms with E-state index in [0.29, 0.717) is 11.0 Å². The van der Waals surface area contributed by atoms with Crippen LogP contribution in [0.1, 0.15) is 35.4 Å². The molecule has 0 bridgehead atoms. The number of furan rings is 1. The Labute approximate surface area is 122 Å². The van der Waals surface area contributed by atoms with E-state index in [1.807, 2.05) is 12.1 Å². The Bertz CT molecular complexity index is 657. The van der Waals surface area contributed by atoms with Crippen LogP contribution in [0.3, 0.4) is 0 Å². The molecule has 0 radical (unpaired) electrons. The molecule has 1 aromatic heterocycles. The van der Waals surface area contributed by atoms with Crippen molar-refractivity contribution in [2.75, 3.05) is 13.2 Å². The minimum atomic E-state index is -1.05. The van der Waals surface area contributed by atoms with Crippen molar-refractivity contribution >= 4 is 16.9 Å². The summed E-state index contributed by atoms with van der Waals surface area (Å²) in [6.45, 7) is 1.90. The number of fused-ring (bicyclic) bond motifs is 1.